The Hall–Kier alpha value is -0.300. The standard InChI is InChI=1S/C17H30O/c1-7-11-17-13(9-8-10-14(17)18)15(3,4)12(2)16(17,5)6/h7,12-14,18H,1,8-11H2,2-6H3. The summed E-state index contributed by atoms with van der Waals surface area (Å²) in [5.74, 6) is 1.25. The first-order chi connectivity index (χ1) is 8.23. The summed E-state index contributed by atoms with van der Waals surface area (Å²) in [6, 6.07) is 0. The molecule has 0 spiro atoms. The fourth-order valence-electron chi connectivity index (χ4n) is 5.59. The van der Waals surface area contributed by atoms with Crippen LogP contribution in [0.2, 0.25) is 0 Å². The van der Waals surface area contributed by atoms with Gasteiger partial charge in [-0.05, 0) is 41.9 Å². The Kier molecular flexibility index (Phi) is 3.21. The van der Waals surface area contributed by atoms with Gasteiger partial charge >= 0.3 is 0 Å². The van der Waals surface area contributed by atoms with Crippen molar-refractivity contribution >= 4 is 0 Å². The first kappa shape index (κ1) is 14.1. The number of hydrogen-bond acceptors (Lipinski definition) is 1. The van der Waals surface area contributed by atoms with Gasteiger partial charge in [0.05, 0.1) is 6.10 Å². The minimum absolute atomic E-state index is 0.0376. The van der Waals surface area contributed by atoms with Crippen molar-refractivity contribution in [2.24, 2.45) is 28.1 Å². The van der Waals surface area contributed by atoms with Crippen LogP contribution in [0.4, 0.5) is 0 Å². The van der Waals surface area contributed by atoms with E-state index in [2.05, 4.69) is 41.2 Å². The number of allylic oxidation sites excluding steroid dienone is 1. The Morgan fingerprint density at radius 3 is 2.39 bits per heavy atom. The largest absolute Gasteiger partial charge is 0.393 e. The highest BCUT2D eigenvalue weighted by atomic mass is 16.3. The summed E-state index contributed by atoms with van der Waals surface area (Å²) < 4.78 is 0. The molecular formula is C17H30O. The second kappa shape index (κ2) is 4.10. The third-order valence-corrected chi connectivity index (χ3v) is 6.97. The lowest BCUT2D eigenvalue weighted by Crippen LogP contribution is -2.51. The Morgan fingerprint density at radius 1 is 1.22 bits per heavy atom. The van der Waals surface area contributed by atoms with E-state index >= 15 is 0 Å². The molecule has 0 radical (unpaired) electrons. The van der Waals surface area contributed by atoms with E-state index in [1.165, 1.54) is 12.8 Å². The van der Waals surface area contributed by atoms with Crippen LogP contribution in [0.3, 0.4) is 0 Å². The number of fused-ring (bicyclic) bond motifs is 1. The molecule has 1 N–H and O–H groups in total. The zero-order chi connectivity index (χ0) is 13.8. The average Bonchev–Trinajstić information content (AvgIpc) is 2.40. The van der Waals surface area contributed by atoms with E-state index in [0.29, 0.717) is 17.3 Å². The molecule has 0 heterocycles. The van der Waals surface area contributed by atoms with Gasteiger partial charge in [0.2, 0.25) is 0 Å². The van der Waals surface area contributed by atoms with Gasteiger partial charge in [-0.3, -0.25) is 0 Å². The van der Waals surface area contributed by atoms with Crippen LogP contribution in [0.15, 0.2) is 12.7 Å². The predicted octanol–water partition coefficient (Wildman–Crippen LogP) is 4.41. The molecule has 2 rings (SSSR count). The zero-order valence-electron chi connectivity index (χ0n) is 12.8. The summed E-state index contributed by atoms with van der Waals surface area (Å²) in [4.78, 5) is 0. The van der Waals surface area contributed by atoms with Gasteiger partial charge in [0.1, 0.15) is 0 Å². The van der Waals surface area contributed by atoms with Gasteiger partial charge in [0.15, 0.2) is 0 Å². The van der Waals surface area contributed by atoms with E-state index in [1.807, 2.05) is 6.08 Å². The molecule has 0 aromatic heterocycles. The van der Waals surface area contributed by atoms with Crippen molar-refractivity contribution < 1.29 is 5.11 Å². The lowest BCUT2D eigenvalue weighted by molar-refractivity contribution is -0.106. The topological polar surface area (TPSA) is 20.2 Å². The molecule has 2 aliphatic rings. The van der Waals surface area contributed by atoms with Crippen molar-refractivity contribution in [3.63, 3.8) is 0 Å². The van der Waals surface area contributed by atoms with Crippen molar-refractivity contribution in [2.75, 3.05) is 0 Å². The summed E-state index contributed by atoms with van der Waals surface area (Å²) in [5.41, 5.74) is 0.527. The fourth-order valence-corrected chi connectivity index (χ4v) is 5.59. The highest BCUT2D eigenvalue weighted by Gasteiger charge is 2.68. The number of aliphatic hydroxyl groups excluding tert-OH is 1. The minimum atomic E-state index is -0.159. The fraction of sp³-hybridized carbons (Fsp3) is 0.882. The molecule has 0 aromatic carbocycles. The average molecular weight is 250 g/mol. The summed E-state index contributed by atoms with van der Waals surface area (Å²) in [5, 5.41) is 10.8. The molecule has 1 heteroatoms. The van der Waals surface area contributed by atoms with Crippen molar-refractivity contribution in [2.45, 2.75) is 66.4 Å². The van der Waals surface area contributed by atoms with E-state index in [4.69, 9.17) is 0 Å². The summed E-state index contributed by atoms with van der Waals surface area (Å²) in [6.07, 6.45) is 6.25. The van der Waals surface area contributed by atoms with E-state index in [9.17, 15) is 5.11 Å². The molecule has 0 aromatic rings. The van der Waals surface area contributed by atoms with Crippen LogP contribution in [0, 0.1) is 28.1 Å². The van der Waals surface area contributed by atoms with Gasteiger partial charge in [0.25, 0.3) is 0 Å². The second-order valence-electron chi connectivity index (χ2n) is 7.80. The third kappa shape index (κ3) is 1.43. The molecule has 2 saturated carbocycles. The molecule has 0 aliphatic heterocycles. The zero-order valence-corrected chi connectivity index (χ0v) is 12.8. The van der Waals surface area contributed by atoms with Gasteiger partial charge in [-0.25, -0.2) is 0 Å². The summed E-state index contributed by atoms with van der Waals surface area (Å²) in [7, 11) is 0. The first-order valence-electron chi connectivity index (χ1n) is 7.52. The molecule has 4 atom stereocenters. The van der Waals surface area contributed by atoms with Gasteiger partial charge in [0, 0.05) is 5.41 Å². The molecular weight excluding hydrogens is 220 g/mol. The summed E-state index contributed by atoms with van der Waals surface area (Å²) in [6.45, 7) is 15.9. The van der Waals surface area contributed by atoms with Crippen LogP contribution in [-0.4, -0.2) is 11.2 Å². The Balaban J connectivity index is 2.59. The first-order valence-corrected chi connectivity index (χ1v) is 7.52. The predicted molar refractivity (Wildman–Crippen MR) is 77.3 cm³/mol. The lowest BCUT2D eigenvalue weighted by atomic mass is 9.53. The number of aliphatic hydroxyl groups is 1. The Morgan fingerprint density at radius 2 is 1.83 bits per heavy atom. The molecule has 4 unspecified atom stereocenters. The lowest BCUT2D eigenvalue weighted by Gasteiger charge is -2.52. The number of rotatable bonds is 2. The van der Waals surface area contributed by atoms with E-state index in [0.717, 1.165) is 12.8 Å². The van der Waals surface area contributed by atoms with Gasteiger partial charge in [-0.2, -0.15) is 0 Å². The van der Waals surface area contributed by atoms with E-state index in [1.54, 1.807) is 0 Å². The van der Waals surface area contributed by atoms with Crippen LogP contribution in [-0.2, 0) is 0 Å². The molecule has 18 heavy (non-hydrogen) atoms. The van der Waals surface area contributed by atoms with Crippen molar-refractivity contribution in [1.29, 1.82) is 0 Å². The Labute approximate surface area is 113 Å². The quantitative estimate of drug-likeness (QED) is 0.720. The van der Waals surface area contributed by atoms with Crippen LogP contribution in [0.5, 0.6) is 0 Å². The molecule has 104 valence electrons. The van der Waals surface area contributed by atoms with Gasteiger partial charge in [-0.15, -0.1) is 6.58 Å². The summed E-state index contributed by atoms with van der Waals surface area (Å²) >= 11 is 0. The molecule has 0 amide bonds. The maximum atomic E-state index is 10.8. The van der Waals surface area contributed by atoms with E-state index < -0.39 is 0 Å². The maximum Gasteiger partial charge on any atom is 0.0607 e. The van der Waals surface area contributed by atoms with Crippen LogP contribution in [0.1, 0.15) is 60.3 Å². The highest BCUT2D eigenvalue weighted by Crippen LogP contribution is 2.72. The van der Waals surface area contributed by atoms with Crippen molar-refractivity contribution in [3.8, 4) is 0 Å². The SMILES string of the molecule is C=CCC12C(O)CCCC1C(C)(C)C(C)C2(C)C. The van der Waals surface area contributed by atoms with Gasteiger partial charge < -0.3 is 5.11 Å². The smallest absolute Gasteiger partial charge is 0.0607 e. The Bertz CT molecular complexity index is 342. The highest BCUT2D eigenvalue weighted by molar-refractivity contribution is 5.18. The van der Waals surface area contributed by atoms with E-state index in [-0.39, 0.29) is 16.9 Å². The normalized spacial score (nSPS) is 45.6. The molecule has 0 bridgehead atoms. The van der Waals surface area contributed by atoms with Crippen LogP contribution in [0.25, 0.3) is 0 Å². The molecule has 2 fully saturated rings. The van der Waals surface area contributed by atoms with Crippen LogP contribution >= 0.6 is 0 Å². The minimum Gasteiger partial charge on any atom is -0.393 e. The molecule has 1 nitrogen and oxygen atoms in total. The van der Waals surface area contributed by atoms with Crippen LogP contribution < -0.4 is 0 Å². The van der Waals surface area contributed by atoms with Crippen molar-refractivity contribution in [1.82, 2.24) is 0 Å². The number of hydrogen-bond donors (Lipinski definition) is 1. The molecule has 2 aliphatic carbocycles. The monoisotopic (exact) mass is 250 g/mol. The maximum absolute atomic E-state index is 10.8. The van der Waals surface area contributed by atoms with Crippen molar-refractivity contribution in [3.05, 3.63) is 12.7 Å². The molecule has 0 saturated heterocycles. The third-order valence-electron chi connectivity index (χ3n) is 6.97. The second-order valence-corrected chi connectivity index (χ2v) is 7.80. The van der Waals surface area contributed by atoms with Gasteiger partial charge in [-0.1, -0.05) is 47.1 Å².